The lowest BCUT2D eigenvalue weighted by Gasteiger charge is -2.09. The summed E-state index contributed by atoms with van der Waals surface area (Å²) in [5.41, 5.74) is 0.0463. The topological polar surface area (TPSA) is 57.5 Å². The maximum Gasteiger partial charge on any atom is 0.337 e. The minimum Gasteiger partial charge on any atom is -0.479 e. The number of benzene rings is 1. The van der Waals surface area contributed by atoms with Gasteiger partial charge in [-0.1, -0.05) is 0 Å². The third-order valence-electron chi connectivity index (χ3n) is 1.55. The van der Waals surface area contributed by atoms with Gasteiger partial charge in [0.2, 0.25) is 0 Å². The van der Waals surface area contributed by atoms with Crippen molar-refractivity contribution < 1.29 is 19.4 Å². The molecule has 0 aliphatic rings. The van der Waals surface area contributed by atoms with E-state index < -0.39 is 17.9 Å². The highest BCUT2D eigenvalue weighted by atomic mass is 127. The van der Waals surface area contributed by atoms with Crippen LogP contribution in [-0.2, 0) is 4.79 Å². The van der Waals surface area contributed by atoms with E-state index in [2.05, 4.69) is 15.9 Å². The van der Waals surface area contributed by atoms with Crippen LogP contribution in [0.25, 0.3) is 0 Å². The number of carbonyl (C=O) groups is 1. The van der Waals surface area contributed by atoms with Crippen molar-refractivity contribution in [3.63, 3.8) is 0 Å². The highest BCUT2D eigenvalue weighted by Crippen LogP contribution is 2.28. The second-order valence-corrected chi connectivity index (χ2v) is 4.46. The number of aliphatic hydroxyl groups is 1. The third kappa shape index (κ3) is 2.43. The molecule has 0 heterocycles. The fourth-order valence-electron chi connectivity index (χ4n) is 0.908. The summed E-state index contributed by atoms with van der Waals surface area (Å²) < 4.78 is 13.8. The molecule has 0 amide bonds. The van der Waals surface area contributed by atoms with E-state index in [1.54, 1.807) is 0 Å². The van der Waals surface area contributed by atoms with Crippen LogP contribution in [0.2, 0.25) is 0 Å². The van der Waals surface area contributed by atoms with Crippen LogP contribution in [0.15, 0.2) is 16.6 Å². The van der Waals surface area contributed by atoms with Gasteiger partial charge in [-0.05, 0) is 50.7 Å². The first kappa shape index (κ1) is 11.9. The van der Waals surface area contributed by atoms with E-state index in [9.17, 15) is 14.3 Å². The molecule has 0 saturated heterocycles. The molecular weight excluding hydrogens is 370 g/mol. The van der Waals surface area contributed by atoms with E-state index in [1.807, 2.05) is 22.6 Å². The highest BCUT2D eigenvalue weighted by Gasteiger charge is 2.20. The Bertz CT molecular complexity index is 383. The van der Waals surface area contributed by atoms with Crippen molar-refractivity contribution in [1.82, 2.24) is 0 Å². The first-order valence-electron chi connectivity index (χ1n) is 3.48. The predicted octanol–water partition coefficient (Wildman–Crippen LogP) is 2.31. The smallest absolute Gasteiger partial charge is 0.337 e. The minimum atomic E-state index is -1.70. The van der Waals surface area contributed by atoms with Gasteiger partial charge in [-0.15, -0.1) is 0 Å². The van der Waals surface area contributed by atoms with Crippen molar-refractivity contribution in [1.29, 1.82) is 0 Å². The van der Waals surface area contributed by atoms with Crippen molar-refractivity contribution >= 4 is 44.5 Å². The van der Waals surface area contributed by atoms with E-state index in [0.29, 0.717) is 8.04 Å². The second-order valence-electron chi connectivity index (χ2n) is 2.53. The summed E-state index contributed by atoms with van der Waals surface area (Å²) in [6.07, 6.45) is -1.70. The van der Waals surface area contributed by atoms with Crippen molar-refractivity contribution in [2.45, 2.75) is 6.10 Å². The summed E-state index contributed by atoms with van der Waals surface area (Å²) in [5.74, 6) is -1.99. The van der Waals surface area contributed by atoms with Gasteiger partial charge in [-0.25, -0.2) is 9.18 Å². The third-order valence-corrected chi connectivity index (χ3v) is 4.12. The molecule has 1 aromatic carbocycles. The Hall–Kier alpha value is -0.210. The molecule has 0 aliphatic carbocycles. The lowest BCUT2D eigenvalue weighted by Crippen LogP contribution is -2.12. The molecule has 76 valence electrons. The molecule has 1 aromatic rings. The molecule has 0 fully saturated rings. The SMILES string of the molecule is O=C(O)C(O)c1cc(F)cc(Br)c1I. The second kappa shape index (κ2) is 4.54. The monoisotopic (exact) mass is 374 g/mol. The number of halogens is 3. The van der Waals surface area contributed by atoms with Gasteiger partial charge >= 0.3 is 5.97 Å². The molecule has 0 aliphatic heterocycles. The number of hydrogen-bond acceptors (Lipinski definition) is 2. The zero-order valence-electron chi connectivity index (χ0n) is 6.67. The zero-order chi connectivity index (χ0) is 10.9. The lowest BCUT2D eigenvalue weighted by atomic mass is 10.1. The molecule has 0 radical (unpaired) electrons. The minimum absolute atomic E-state index is 0.0463. The molecular formula is C8H5BrFIO3. The molecule has 6 heteroatoms. The summed E-state index contributed by atoms with van der Waals surface area (Å²) in [5, 5.41) is 17.8. The Labute approximate surface area is 101 Å². The average Bonchev–Trinajstić information content (AvgIpc) is 2.09. The number of aliphatic carboxylic acids is 1. The molecule has 1 rings (SSSR count). The van der Waals surface area contributed by atoms with Crippen molar-refractivity contribution in [3.05, 3.63) is 31.6 Å². The van der Waals surface area contributed by atoms with Crippen LogP contribution in [-0.4, -0.2) is 16.2 Å². The molecule has 14 heavy (non-hydrogen) atoms. The molecule has 3 nitrogen and oxygen atoms in total. The number of carboxylic acid groups (broad SMARTS) is 1. The number of rotatable bonds is 2. The van der Waals surface area contributed by atoms with Crippen LogP contribution in [0.1, 0.15) is 11.7 Å². The standard InChI is InChI=1S/C8H5BrFIO3/c9-5-2-3(10)1-4(6(5)11)7(12)8(13)14/h1-2,7,12H,(H,13,14). The zero-order valence-corrected chi connectivity index (χ0v) is 10.4. The maximum atomic E-state index is 12.9. The molecule has 0 spiro atoms. The van der Waals surface area contributed by atoms with Crippen molar-refractivity contribution in [2.75, 3.05) is 0 Å². The molecule has 1 atom stereocenters. The van der Waals surface area contributed by atoms with Crippen LogP contribution >= 0.6 is 38.5 Å². The van der Waals surface area contributed by atoms with Crippen LogP contribution in [0.4, 0.5) is 4.39 Å². The summed E-state index contributed by atoms with van der Waals surface area (Å²) in [6.45, 7) is 0. The fraction of sp³-hybridized carbons (Fsp3) is 0.125. The number of hydrogen-bond donors (Lipinski definition) is 2. The Balaban J connectivity index is 3.26. The number of carboxylic acids is 1. The normalized spacial score (nSPS) is 12.6. The summed E-state index contributed by atoms with van der Waals surface area (Å²) in [7, 11) is 0. The van der Waals surface area contributed by atoms with Crippen LogP contribution in [0, 0.1) is 9.39 Å². The summed E-state index contributed by atoms with van der Waals surface area (Å²) in [6, 6.07) is 2.21. The van der Waals surface area contributed by atoms with E-state index in [0.717, 1.165) is 6.07 Å². The van der Waals surface area contributed by atoms with Gasteiger partial charge in [0.05, 0.1) is 0 Å². The number of aliphatic hydroxyl groups excluding tert-OH is 1. The van der Waals surface area contributed by atoms with Crippen molar-refractivity contribution in [2.24, 2.45) is 0 Å². The summed E-state index contributed by atoms with van der Waals surface area (Å²) in [4.78, 5) is 10.5. The predicted molar refractivity (Wildman–Crippen MR) is 59.4 cm³/mol. The van der Waals surface area contributed by atoms with Gasteiger partial charge in [-0.2, -0.15) is 0 Å². The molecule has 0 saturated carbocycles. The van der Waals surface area contributed by atoms with Gasteiger partial charge in [-0.3, -0.25) is 0 Å². The van der Waals surface area contributed by atoms with Gasteiger partial charge in [0.15, 0.2) is 6.10 Å². The fourth-order valence-corrected chi connectivity index (χ4v) is 1.96. The van der Waals surface area contributed by atoms with Gasteiger partial charge in [0.1, 0.15) is 5.82 Å². The molecule has 1 unspecified atom stereocenters. The van der Waals surface area contributed by atoms with Gasteiger partial charge in [0, 0.05) is 13.6 Å². The average molecular weight is 375 g/mol. The quantitative estimate of drug-likeness (QED) is 0.617. The van der Waals surface area contributed by atoms with Crippen LogP contribution < -0.4 is 0 Å². The largest absolute Gasteiger partial charge is 0.479 e. The van der Waals surface area contributed by atoms with Gasteiger partial charge in [0.25, 0.3) is 0 Å². The van der Waals surface area contributed by atoms with E-state index in [1.165, 1.54) is 6.07 Å². The first-order valence-corrected chi connectivity index (χ1v) is 5.36. The molecule has 0 bridgehead atoms. The Morgan fingerprint density at radius 1 is 1.57 bits per heavy atom. The van der Waals surface area contributed by atoms with E-state index >= 15 is 0 Å². The first-order chi connectivity index (χ1) is 6.43. The molecule has 2 N–H and O–H groups in total. The highest BCUT2D eigenvalue weighted by molar-refractivity contribution is 14.1. The lowest BCUT2D eigenvalue weighted by molar-refractivity contribution is -0.147. The Morgan fingerprint density at radius 2 is 2.14 bits per heavy atom. The van der Waals surface area contributed by atoms with E-state index in [-0.39, 0.29) is 5.56 Å². The Morgan fingerprint density at radius 3 is 2.64 bits per heavy atom. The van der Waals surface area contributed by atoms with E-state index in [4.69, 9.17) is 5.11 Å². The summed E-state index contributed by atoms with van der Waals surface area (Å²) >= 11 is 4.90. The van der Waals surface area contributed by atoms with Crippen LogP contribution in [0.5, 0.6) is 0 Å². The Kier molecular flexibility index (Phi) is 3.85. The van der Waals surface area contributed by atoms with Crippen molar-refractivity contribution in [3.8, 4) is 0 Å². The maximum absolute atomic E-state index is 12.9. The van der Waals surface area contributed by atoms with Crippen LogP contribution in [0.3, 0.4) is 0 Å². The van der Waals surface area contributed by atoms with Gasteiger partial charge < -0.3 is 10.2 Å². The molecule has 0 aromatic heterocycles.